The molecule has 0 saturated heterocycles. The highest BCUT2D eigenvalue weighted by atomic mass is 35.5. The zero-order valence-corrected chi connectivity index (χ0v) is 14.6. The van der Waals surface area contributed by atoms with E-state index in [1.54, 1.807) is 23.0 Å². The highest BCUT2D eigenvalue weighted by Crippen LogP contribution is 2.17. The molecular formula is C15H13Cl2N7O. The molecule has 4 N–H and O–H groups in total. The van der Waals surface area contributed by atoms with Gasteiger partial charge in [0, 0.05) is 12.5 Å². The number of nitrogens with two attached hydrogens (primary N) is 1. The number of hydrogen-bond acceptors (Lipinski definition) is 5. The van der Waals surface area contributed by atoms with Crippen LogP contribution < -0.4 is 11.1 Å². The third-order valence-corrected chi connectivity index (χ3v) is 3.91. The Morgan fingerprint density at radius 3 is 3.04 bits per heavy atom. The standard InChI is InChI=1S/C15H13Cl2N7O/c1-8(21-15(25)13-22-11(16)12(17)23-13)3-2-4-9-7-19-14-10(18)5-6-20-24(9)14/h5-8H,3,18H2,1H3,(H,21,25)(H,22,23)/t8-/m0/s1. The van der Waals surface area contributed by atoms with Crippen LogP contribution in [0.4, 0.5) is 5.69 Å². The molecule has 0 aliphatic carbocycles. The van der Waals surface area contributed by atoms with E-state index in [0.29, 0.717) is 23.4 Å². The number of nitrogens with zero attached hydrogens (tertiary/aromatic N) is 4. The topological polar surface area (TPSA) is 114 Å². The Bertz CT molecular complexity index is 979. The molecule has 0 spiro atoms. The van der Waals surface area contributed by atoms with Gasteiger partial charge < -0.3 is 16.0 Å². The van der Waals surface area contributed by atoms with Crippen LogP contribution in [-0.2, 0) is 0 Å². The van der Waals surface area contributed by atoms with E-state index < -0.39 is 5.91 Å². The van der Waals surface area contributed by atoms with E-state index in [1.165, 1.54) is 0 Å². The molecule has 8 nitrogen and oxygen atoms in total. The third-order valence-electron chi connectivity index (χ3n) is 3.27. The van der Waals surface area contributed by atoms with Gasteiger partial charge in [-0.15, -0.1) is 0 Å². The van der Waals surface area contributed by atoms with Crippen molar-refractivity contribution in [1.82, 2.24) is 29.9 Å². The molecular weight excluding hydrogens is 365 g/mol. The number of carbonyl (C=O) groups excluding carboxylic acids is 1. The molecule has 0 aliphatic heterocycles. The molecule has 0 bridgehead atoms. The maximum atomic E-state index is 12.0. The zero-order chi connectivity index (χ0) is 18.0. The minimum atomic E-state index is -0.410. The first-order valence-corrected chi connectivity index (χ1v) is 8.00. The summed E-state index contributed by atoms with van der Waals surface area (Å²) in [7, 11) is 0. The quantitative estimate of drug-likeness (QED) is 0.603. The maximum absolute atomic E-state index is 12.0. The van der Waals surface area contributed by atoms with Crippen LogP contribution in [0.2, 0.25) is 10.3 Å². The summed E-state index contributed by atoms with van der Waals surface area (Å²) in [4.78, 5) is 22.6. The minimum Gasteiger partial charge on any atom is -0.396 e. The SMILES string of the molecule is C[C@@H](CC#Cc1cnc2c(N)ccnn12)NC(=O)c1nc(Cl)c(Cl)[nH]1. The number of hydrogen-bond donors (Lipinski definition) is 3. The van der Waals surface area contributed by atoms with Crippen molar-refractivity contribution in [2.45, 2.75) is 19.4 Å². The number of nitrogens with one attached hydrogen (secondary N) is 2. The number of rotatable bonds is 3. The van der Waals surface area contributed by atoms with E-state index in [4.69, 9.17) is 28.9 Å². The van der Waals surface area contributed by atoms with Crippen molar-refractivity contribution >= 4 is 40.4 Å². The largest absolute Gasteiger partial charge is 0.396 e. The molecule has 0 unspecified atom stereocenters. The highest BCUT2D eigenvalue weighted by molar-refractivity contribution is 6.40. The molecule has 0 aromatic carbocycles. The van der Waals surface area contributed by atoms with Gasteiger partial charge in [-0.05, 0) is 18.9 Å². The molecule has 128 valence electrons. The summed E-state index contributed by atoms with van der Waals surface area (Å²) in [6.07, 6.45) is 3.60. The normalized spacial score (nSPS) is 11.8. The Morgan fingerprint density at radius 1 is 1.52 bits per heavy atom. The van der Waals surface area contributed by atoms with Crippen LogP contribution in [0.15, 0.2) is 18.5 Å². The number of nitrogen functional groups attached to an aromatic ring is 1. The van der Waals surface area contributed by atoms with Crippen LogP contribution in [0.25, 0.3) is 5.65 Å². The molecule has 3 heterocycles. The highest BCUT2D eigenvalue weighted by Gasteiger charge is 2.15. The Morgan fingerprint density at radius 2 is 2.32 bits per heavy atom. The number of imidazole rings is 2. The van der Waals surface area contributed by atoms with Crippen LogP contribution >= 0.6 is 23.2 Å². The van der Waals surface area contributed by atoms with Crippen molar-refractivity contribution in [3.63, 3.8) is 0 Å². The van der Waals surface area contributed by atoms with Crippen molar-refractivity contribution < 1.29 is 4.79 Å². The fourth-order valence-corrected chi connectivity index (χ4v) is 2.34. The van der Waals surface area contributed by atoms with Crippen molar-refractivity contribution in [1.29, 1.82) is 0 Å². The van der Waals surface area contributed by atoms with Crippen LogP contribution in [-0.4, -0.2) is 36.5 Å². The monoisotopic (exact) mass is 377 g/mol. The molecule has 1 atom stereocenters. The predicted molar refractivity (Wildman–Crippen MR) is 94.4 cm³/mol. The molecule has 0 fully saturated rings. The van der Waals surface area contributed by atoms with Crippen molar-refractivity contribution in [2.75, 3.05) is 5.73 Å². The van der Waals surface area contributed by atoms with Gasteiger partial charge in [0.15, 0.2) is 16.6 Å². The second kappa shape index (κ2) is 7.01. The second-order valence-corrected chi connectivity index (χ2v) is 5.97. The molecule has 25 heavy (non-hydrogen) atoms. The van der Waals surface area contributed by atoms with Crippen LogP contribution in [0.5, 0.6) is 0 Å². The van der Waals surface area contributed by atoms with E-state index >= 15 is 0 Å². The van der Waals surface area contributed by atoms with E-state index in [2.05, 4.69) is 37.2 Å². The number of fused-ring (bicyclic) bond motifs is 1. The molecule has 10 heteroatoms. The molecule has 3 rings (SSSR count). The number of aromatic nitrogens is 5. The number of aromatic amines is 1. The number of H-pyrrole nitrogens is 1. The average molecular weight is 378 g/mol. The van der Waals surface area contributed by atoms with Gasteiger partial charge in [0.2, 0.25) is 0 Å². The molecule has 3 aromatic rings. The Kier molecular flexibility index (Phi) is 4.79. The van der Waals surface area contributed by atoms with E-state index in [0.717, 1.165) is 0 Å². The lowest BCUT2D eigenvalue weighted by molar-refractivity contribution is 0.0931. The van der Waals surface area contributed by atoms with Crippen LogP contribution in [0, 0.1) is 11.8 Å². The summed E-state index contributed by atoms with van der Waals surface area (Å²) in [6, 6.07) is 1.46. The van der Waals surface area contributed by atoms with Crippen LogP contribution in [0.1, 0.15) is 29.7 Å². The molecule has 0 radical (unpaired) electrons. The summed E-state index contributed by atoms with van der Waals surface area (Å²) in [5.74, 6) is 5.59. The van der Waals surface area contributed by atoms with Crippen molar-refractivity contribution in [3.8, 4) is 11.8 Å². The summed E-state index contributed by atoms with van der Waals surface area (Å²) in [5.41, 5.74) is 7.52. The Balaban J connectivity index is 1.64. The fourth-order valence-electron chi connectivity index (χ4n) is 2.08. The van der Waals surface area contributed by atoms with Gasteiger partial charge >= 0.3 is 0 Å². The van der Waals surface area contributed by atoms with E-state index in [-0.39, 0.29) is 22.2 Å². The number of anilines is 1. The Hall–Kier alpha value is -2.76. The van der Waals surface area contributed by atoms with Gasteiger partial charge in [-0.2, -0.15) is 5.10 Å². The third kappa shape index (κ3) is 3.68. The van der Waals surface area contributed by atoms with Gasteiger partial charge in [0.05, 0.1) is 18.1 Å². The van der Waals surface area contributed by atoms with Gasteiger partial charge in [-0.3, -0.25) is 4.79 Å². The molecule has 0 saturated carbocycles. The first-order valence-electron chi connectivity index (χ1n) is 7.24. The number of halogens is 2. The molecule has 3 aromatic heterocycles. The van der Waals surface area contributed by atoms with Gasteiger partial charge in [0.1, 0.15) is 10.8 Å². The van der Waals surface area contributed by atoms with Crippen molar-refractivity contribution in [2.24, 2.45) is 0 Å². The minimum absolute atomic E-state index is 0.0521. The summed E-state index contributed by atoms with van der Waals surface area (Å²) in [6.45, 7) is 1.82. The van der Waals surface area contributed by atoms with Crippen molar-refractivity contribution in [3.05, 3.63) is 40.3 Å². The summed E-state index contributed by atoms with van der Waals surface area (Å²) in [5, 5.41) is 7.09. The average Bonchev–Trinajstić information content (AvgIpc) is 3.13. The zero-order valence-electron chi connectivity index (χ0n) is 13.0. The molecule has 1 amide bonds. The lowest BCUT2D eigenvalue weighted by atomic mass is 10.2. The van der Waals surface area contributed by atoms with E-state index in [9.17, 15) is 4.79 Å². The fraction of sp³-hybridized carbons (Fsp3) is 0.200. The smallest absolute Gasteiger partial charge is 0.287 e. The van der Waals surface area contributed by atoms with E-state index in [1.807, 2.05) is 6.92 Å². The predicted octanol–water partition coefficient (Wildman–Crippen LogP) is 1.90. The number of carbonyl (C=O) groups is 1. The lowest BCUT2D eigenvalue weighted by Gasteiger charge is -2.08. The summed E-state index contributed by atoms with van der Waals surface area (Å²) >= 11 is 11.4. The Labute approximate surface area is 152 Å². The van der Waals surface area contributed by atoms with Gasteiger partial charge in [0.25, 0.3) is 5.91 Å². The lowest BCUT2D eigenvalue weighted by Crippen LogP contribution is -2.32. The molecule has 0 aliphatic rings. The number of amides is 1. The second-order valence-electron chi connectivity index (χ2n) is 5.24. The first-order chi connectivity index (χ1) is 12.0. The van der Waals surface area contributed by atoms with Gasteiger partial charge in [-0.1, -0.05) is 29.1 Å². The van der Waals surface area contributed by atoms with Gasteiger partial charge in [-0.25, -0.2) is 14.5 Å². The summed E-state index contributed by atoms with van der Waals surface area (Å²) < 4.78 is 1.57. The first kappa shape index (κ1) is 17.1. The van der Waals surface area contributed by atoms with Crippen LogP contribution in [0.3, 0.4) is 0 Å². The maximum Gasteiger partial charge on any atom is 0.287 e.